The number of fused-ring (bicyclic) bond motifs is 1. The van der Waals surface area contributed by atoms with Gasteiger partial charge < -0.3 is 16.2 Å². The van der Waals surface area contributed by atoms with Crippen LogP contribution in [0.5, 0.6) is 0 Å². The molecule has 2 aliphatic rings. The van der Waals surface area contributed by atoms with E-state index in [4.69, 9.17) is 5.73 Å². The van der Waals surface area contributed by atoms with Crippen LogP contribution in [0.15, 0.2) is 45.2 Å². The summed E-state index contributed by atoms with van der Waals surface area (Å²) in [4.78, 5) is 58.5. The Labute approximate surface area is 183 Å². The number of pyridine rings is 1. The molecule has 4 heterocycles. The number of anilines is 1. The SMILES string of the molecule is Nc1nc(C(N=O)C(=O)N[C@@H]2C(=O)N3C(C(=O)O)=C(Sc4ccncc4)CC[C@H]23)ns1. The third-order valence-corrected chi connectivity index (χ3v) is 6.55. The number of carboxylic acid groups (broad SMARTS) is 1. The second-order valence-electron chi connectivity index (χ2n) is 6.66. The smallest absolute Gasteiger partial charge is 0.353 e. The van der Waals surface area contributed by atoms with Gasteiger partial charge in [-0.15, -0.1) is 4.91 Å². The van der Waals surface area contributed by atoms with Gasteiger partial charge in [-0.25, -0.2) is 9.78 Å². The van der Waals surface area contributed by atoms with Crippen LogP contribution < -0.4 is 11.1 Å². The van der Waals surface area contributed by atoms with E-state index in [1.54, 1.807) is 24.5 Å². The number of aromatic nitrogens is 3. The number of carboxylic acids is 1. The molecule has 2 amide bonds. The summed E-state index contributed by atoms with van der Waals surface area (Å²) < 4.78 is 3.81. The van der Waals surface area contributed by atoms with E-state index in [-0.39, 0.29) is 16.7 Å². The monoisotopic (exact) mass is 461 g/mol. The molecule has 14 heteroatoms. The van der Waals surface area contributed by atoms with E-state index in [1.165, 1.54) is 16.7 Å². The highest BCUT2D eigenvalue weighted by atomic mass is 32.2. The van der Waals surface area contributed by atoms with Crippen molar-refractivity contribution in [2.24, 2.45) is 5.18 Å². The molecule has 160 valence electrons. The highest BCUT2D eigenvalue weighted by Gasteiger charge is 2.54. The Morgan fingerprint density at radius 1 is 1.39 bits per heavy atom. The predicted octanol–water partition coefficient (Wildman–Crippen LogP) is 0.901. The quantitative estimate of drug-likeness (QED) is 0.396. The summed E-state index contributed by atoms with van der Waals surface area (Å²) in [6.07, 6.45) is 4.05. The van der Waals surface area contributed by atoms with E-state index in [0.717, 1.165) is 16.4 Å². The summed E-state index contributed by atoms with van der Waals surface area (Å²) in [5, 5.41) is 15.0. The third-order valence-electron chi connectivity index (χ3n) is 4.84. The first-order valence-electron chi connectivity index (χ1n) is 9.00. The lowest BCUT2D eigenvalue weighted by Gasteiger charge is -2.50. The van der Waals surface area contributed by atoms with Crippen LogP contribution >= 0.6 is 23.3 Å². The summed E-state index contributed by atoms with van der Waals surface area (Å²) in [6.45, 7) is 0. The van der Waals surface area contributed by atoms with Crippen LogP contribution in [0.3, 0.4) is 0 Å². The van der Waals surface area contributed by atoms with Gasteiger partial charge in [0.2, 0.25) is 6.04 Å². The maximum atomic E-state index is 12.7. The summed E-state index contributed by atoms with van der Waals surface area (Å²) >= 11 is 2.07. The largest absolute Gasteiger partial charge is 0.477 e. The average molecular weight is 461 g/mol. The van der Waals surface area contributed by atoms with Gasteiger partial charge in [0.05, 0.1) is 6.04 Å². The van der Waals surface area contributed by atoms with Gasteiger partial charge in [-0.05, 0) is 30.2 Å². The fraction of sp³-hybridized carbons (Fsp3) is 0.294. The number of nitrogen functional groups attached to an aromatic ring is 1. The van der Waals surface area contributed by atoms with Crippen molar-refractivity contribution in [3.05, 3.63) is 45.9 Å². The zero-order valence-electron chi connectivity index (χ0n) is 15.7. The highest BCUT2D eigenvalue weighted by Crippen LogP contribution is 2.43. The van der Waals surface area contributed by atoms with Crippen molar-refractivity contribution in [3.63, 3.8) is 0 Å². The molecule has 1 fully saturated rings. The maximum Gasteiger partial charge on any atom is 0.353 e. The molecule has 3 atom stereocenters. The zero-order chi connectivity index (χ0) is 22.1. The summed E-state index contributed by atoms with van der Waals surface area (Å²) in [5.74, 6) is -2.79. The molecule has 0 spiro atoms. The second kappa shape index (κ2) is 8.39. The van der Waals surface area contributed by atoms with Crippen molar-refractivity contribution in [1.29, 1.82) is 0 Å². The van der Waals surface area contributed by atoms with Gasteiger partial charge in [0, 0.05) is 33.7 Å². The number of aliphatic carboxylic acids is 1. The van der Waals surface area contributed by atoms with Crippen LogP contribution in [0.4, 0.5) is 5.13 Å². The van der Waals surface area contributed by atoms with Gasteiger partial charge in [0.1, 0.15) is 11.7 Å². The molecule has 0 bridgehead atoms. The van der Waals surface area contributed by atoms with Crippen LogP contribution in [0.25, 0.3) is 0 Å². The van der Waals surface area contributed by atoms with Crippen molar-refractivity contribution in [2.45, 2.75) is 35.9 Å². The summed E-state index contributed by atoms with van der Waals surface area (Å²) in [5.41, 5.74) is 5.37. The summed E-state index contributed by atoms with van der Waals surface area (Å²) in [7, 11) is 0. The van der Waals surface area contributed by atoms with Crippen molar-refractivity contribution < 1.29 is 19.5 Å². The lowest BCUT2D eigenvalue weighted by Crippen LogP contribution is -2.71. The first-order chi connectivity index (χ1) is 14.9. The molecule has 4 N–H and O–H groups in total. The van der Waals surface area contributed by atoms with Crippen molar-refractivity contribution >= 4 is 46.2 Å². The molecule has 2 aromatic heterocycles. The van der Waals surface area contributed by atoms with Crippen LogP contribution in [0.2, 0.25) is 0 Å². The fourth-order valence-electron chi connectivity index (χ4n) is 3.48. The Bertz CT molecular complexity index is 1090. The predicted molar refractivity (Wildman–Crippen MR) is 109 cm³/mol. The first kappa shape index (κ1) is 20.9. The number of allylic oxidation sites excluding steroid dienone is 1. The Kier molecular flexibility index (Phi) is 5.65. The third kappa shape index (κ3) is 3.86. The molecular formula is C17H15N7O5S2. The van der Waals surface area contributed by atoms with E-state index in [1.807, 2.05) is 0 Å². The molecule has 12 nitrogen and oxygen atoms in total. The number of carbonyl (C=O) groups excluding carboxylic acids is 2. The Morgan fingerprint density at radius 2 is 2.13 bits per heavy atom. The lowest BCUT2D eigenvalue weighted by molar-refractivity contribution is -0.156. The number of nitroso groups, excluding NO2 is 1. The Balaban J connectivity index is 1.51. The van der Waals surface area contributed by atoms with E-state index < -0.39 is 35.9 Å². The van der Waals surface area contributed by atoms with Crippen LogP contribution in [-0.4, -0.2) is 54.2 Å². The number of carbonyl (C=O) groups is 3. The zero-order valence-corrected chi connectivity index (χ0v) is 17.3. The number of rotatable bonds is 7. The number of nitrogens with two attached hydrogens (primary N) is 1. The van der Waals surface area contributed by atoms with Gasteiger partial charge in [-0.2, -0.15) is 4.37 Å². The van der Waals surface area contributed by atoms with E-state index >= 15 is 0 Å². The van der Waals surface area contributed by atoms with E-state index in [9.17, 15) is 24.4 Å². The van der Waals surface area contributed by atoms with Crippen molar-refractivity contribution in [3.8, 4) is 0 Å². The molecule has 2 aromatic rings. The van der Waals surface area contributed by atoms with Crippen molar-refractivity contribution in [1.82, 2.24) is 24.6 Å². The summed E-state index contributed by atoms with van der Waals surface area (Å²) in [6, 6.07) is 0.442. The van der Waals surface area contributed by atoms with E-state index in [0.29, 0.717) is 17.7 Å². The van der Waals surface area contributed by atoms with Gasteiger partial charge in [-0.3, -0.25) is 19.5 Å². The standard InChI is InChI=1S/C17H15N7O5S2/c18-17-21-13(23-31-17)11(22-29)14(25)20-10-8-1-2-9(30-7-3-5-19-6-4-7)12(16(27)28)24(8)15(10)26/h3-6,8,10-11H,1-2H2,(H,20,25)(H,27,28)(H2,18,21,23)/t8-,10+,11?/m1/s1. The number of hydrogen-bond acceptors (Lipinski definition) is 11. The van der Waals surface area contributed by atoms with Gasteiger partial charge in [0.25, 0.3) is 11.8 Å². The topological polar surface area (TPSA) is 181 Å². The molecule has 0 aromatic carbocycles. The van der Waals surface area contributed by atoms with Gasteiger partial charge >= 0.3 is 5.97 Å². The molecular weight excluding hydrogens is 446 g/mol. The molecule has 0 radical (unpaired) electrons. The van der Waals surface area contributed by atoms with Crippen LogP contribution in [-0.2, 0) is 14.4 Å². The fourth-order valence-corrected chi connectivity index (χ4v) is 4.99. The number of amides is 2. The van der Waals surface area contributed by atoms with Crippen molar-refractivity contribution in [2.75, 3.05) is 5.73 Å². The van der Waals surface area contributed by atoms with Crippen LogP contribution in [0, 0.1) is 4.91 Å². The number of β-lactam (4-membered cyclic amide) rings is 1. The number of thioether (sulfide) groups is 1. The normalized spacial score (nSPS) is 21.2. The van der Waals surface area contributed by atoms with E-state index in [2.05, 4.69) is 24.8 Å². The minimum absolute atomic E-state index is 0.0742. The molecule has 4 rings (SSSR count). The molecule has 31 heavy (non-hydrogen) atoms. The molecule has 1 unspecified atom stereocenters. The number of nitrogens with one attached hydrogen (secondary N) is 1. The number of hydrogen-bond donors (Lipinski definition) is 3. The molecule has 0 saturated carbocycles. The second-order valence-corrected chi connectivity index (χ2v) is 8.61. The average Bonchev–Trinajstić information content (AvgIpc) is 3.18. The van der Waals surface area contributed by atoms with Crippen LogP contribution in [0.1, 0.15) is 24.7 Å². The Hall–Kier alpha value is -3.39. The van der Waals surface area contributed by atoms with Gasteiger partial charge in [-0.1, -0.05) is 11.8 Å². The lowest BCUT2D eigenvalue weighted by atomic mass is 9.86. The highest BCUT2D eigenvalue weighted by molar-refractivity contribution is 8.03. The molecule has 0 aliphatic carbocycles. The maximum absolute atomic E-state index is 12.7. The number of nitrogens with zero attached hydrogens (tertiary/aromatic N) is 5. The first-order valence-corrected chi connectivity index (χ1v) is 10.6. The minimum atomic E-state index is -1.55. The minimum Gasteiger partial charge on any atom is -0.477 e. The molecule has 2 aliphatic heterocycles. The molecule has 1 saturated heterocycles. The van der Waals surface area contributed by atoms with Gasteiger partial charge in [0.15, 0.2) is 11.0 Å². The Morgan fingerprint density at radius 3 is 2.74 bits per heavy atom.